The molecule has 1 aromatic carbocycles. The van der Waals surface area contributed by atoms with Crippen molar-refractivity contribution in [1.82, 2.24) is 31.6 Å². The lowest BCUT2D eigenvalue weighted by atomic mass is 9.99. The quantitative estimate of drug-likeness (QED) is 0.0192. The number of carbonyl (C=O) groups is 4. The molecule has 13 N–H and O–H groups in total. The van der Waals surface area contributed by atoms with E-state index in [2.05, 4.69) is 31.7 Å². The van der Waals surface area contributed by atoms with E-state index in [1.165, 1.54) is 6.07 Å². The molecule has 5 aliphatic rings. The van der Waals surface area contributed by atoms with E-state index in [-0.39, 0.29) is 91.4 Å². The molecular weight excluding hydrogens is 1040 g/mol. The molecule has 430 valence electrons. The molecule has 2 unspecified atom stereocenters. The zero-order valence-corrected chi connectivity index (χ0v) is 42.3. The number of aliphatic hydroxyl groups excluding tert-OH is 8. The molecule has 30 heteroatoms. The van der Waals surface area contributed by atoms with Crippen LogP contribution in [0.2, 0.25) is 0 Å². The van der Waals surface area contributed by atoms with Gasteiger partial charge in [0.15, 0.2) is 18.4 Å². The largest absolute Gasteiger partial charge is 0.506 e. The number of aliphatic hydroxyl groups is 8. The number of amidine groups is 1. The van der Waals surface area contributed by atoms with Gasteiger partial charge in [0.1, 0.15) is 61.2 Å². The summed E-state index contributed by atoms with van der Waals surface area (Å²) >= 11 is 1.85. The number of ether oxygens (including phenoxy) is 7. The van der Waals surface area contributed by atoms with E-state index in [0.717, 1.165) is 50.0 Å². The maximum Gasteiger partial charge on any atom is 0.506 e. The maximum absolute atomic E-state index is 14.0. The number of fused-ring (bicyclic) bond motifs is 1. The molecule has 5 aliphatic heterocycles. The third kappa shape index (κ3) is 17.6. The number of urea groups is 1. The van der Waals surface area contributed by atoms with E-state index in [1.807, 2.05) is 11.8 Å². The van der Waals surface area contributed by atoms with Crippen molar-refractivity contribution in [2.24, 2.45) is 5.10 Å². The van der Waals surface area contributed by atoms with Gasteiger partial charge in [-0.2, -0.15) is 11.8 Å². The Hall–Kier alpha value is -4.25. The maximum atomic E-state index is 14.0. The number of hydrogen-bond acceptors (Lipinski definition) is 22. The first-order valence-electron chi connectivity index (χ1n) is 25.2. The van der Waals surface area contributed by atoms with Gasteiger partial charge in [-0.25, -0.2) is 4.79 Å². The third-order valence-corrected chi connectivity index (χ3v) is 14.5. The molecule has 1 aromatic rings. The Morgan fingerprint density at radius 3 is 1.97 bits per heavy atom. The van der Waals surface area contributed by atoms with Crippen LogP contribution in [0.3, 0.4) is 0 Å². The minimum absolute atomic E-state index is 0.000421. The fourth-order valence-electron chi connectivity index (χ4n) is 8.85. The number of unbranched alkanes of at least 4 members (excludes halogenated alkanes) is 3. The first-order valence-corrected chi connectivity index (χ1v) is 26.2. The monoisotopic (exact) mass is 1110 g/mol. The zero-order valence-electron chi connectivity index (χ0n) is 41.5. The fraction of sp³-hybridized carbons (Fsp3) is 0.761. The minimum atomic E-state index is -4.82. The number of rotatable bonds is 32. The topological polar surface area (TPSA) is 370 Å². The van der Waals surface area contributed by atoms with Crippen LogP contribution >= 0.6 is 11.8 Å². The predicted molar refractivity (Wildman–Crippen MR) is 257 cm³/mol. The van der Waals surface area contributed by atoms with Crippen LogP contribution in [0, 0.1) is 0 Å². The van der Waals surface area contributed by atoms with Gasteiger partial charge in [0.25, 0.3) is 5.91 Å². The highest BCUT2D eigenvalue weighted by Crippen LogP contribution is 2.35. The lowest BCUT2D eigenvalue weighted by molar-refractivity contribution is -0.299. The second-order valence-corrected chi connectivity index (χ2v) is 19.9. The standard InChI is InChI=1S/C46H70F3N7O19S/c47-46(48,49)56-41(55-56)24-9-10-26(42(65)52-25(21-72-39-29(19-57)74-43(66)37(63)35(39)61)22-73-40-30(20-58)75-44(67)38(64)36(40)62)28(18-24)71-17-16-70-15-14-69-13-12-51-33(60)7-2-1-5-11-50-32(59)8-4-3-6-31-34-27(23-76-31)53-45(68)54-34/h9-10,18,25,27,29-31,34-40,43-44,57-58,61-64,66-67H,1-8,11-17,19-23H2,(H,50,59)(H,51,60)(H,52,65)(H2,53,54,68)/t25?,27-,29+,30+,31-,34-,35+,36+,37+,38+,39+,40+,43?,44?,56?/m1/s1. The smallest absolute Gasteiger partial charge is 0.490 e. The second kappa shape index (κ2) is 29.6. The second-order valence-electron chi connectivity index (χ2n) is 18.6. The summed E-state index contributed by atoms with van der Waals surface area (Å²) in [5, 5.41) is 99.0. The molecule has 0 aromatic heterocycles. The van der Waals surface area contributed by atoms with Crippen molar-refractivity contribution in [3.8, 4) is 5.75 Å². The van der Waals surface area contributed by atoms with Crippen LogP contribution in [0.4, 0.5) is 18.0 Å². The van der Waals surface area contributed by atoms with Gasteiger partial charge in [-0.1, -0.05) is 18.9 Å². The molecule has 0 saturated carbocycles. The number of carbonyl (C=O) groups excluding carboxylic acids is 4. The zero-order chi connectivity index (χ0) is 54.9. The molecule has 26 nitrogen and oxygen atoms in total. The van der Waals surface area contributed by atoms with Crippen molar-refractivity contribution in [2.45, 2.75) is 142 Å². The van der Waals surface area contributed by atoms with Crippen LogP contribution in [0.25, 0.3) is 0 Å². The lowest BCUT2D eigenvalue weighted by Gasteiger charge is -2.41. The van der Waals surface area contributed by atoms with Crippen molar-refractivity contribution in [3.05, 3.63) is 29.3 Å². The molecule has 13 atom stereocenters. The van der Waals surface area contributed by atoms with Crippen LogP contribution in [-0.2, 0) is 38.0 Å². The van der Waals surface area contributed by atoms with Crippen LogP contribution in [-0.4, -0.2) is 245 Å². The van der Waals surface area contributed by atoms with Gasteiger partial charge < -0.3 is 101 Å². The van der Waals surface area contributed by atoms with Gasteiger partial charge in [-0.3, -0.25) is 14.4 Å². The van der Waals surface area contributed by atoms with Crippen LogP contribution < -0.4 is 31.3 Å². The van der Waals surface area contributed by atoms with Crippen LogP contribution in [0.1, 0.15) is 67.3 Å². The molecule has 4 fully saturated rings. The van der Waals surface area contributed by atoms with Crippen molar-refractivity contribution in [3.63, 3.8) is 0 Å². The van der Waals surface area contributed by atoms with Gasteiger partial charge in [0, 0.05) is 42.5 Å². The Labute approximate surface area is 439 Å². The summed E-state index contributed by atoms with van der Waals surface area (Å²) in [5.74, 6) is -0.837. The summed E-state index contributed by atoms with van der Waals surface area (Å²) in [6, 6.07) is 2.43. The van der Waals surface area contributed by atoms with E-state index in [0.29, 0.717) is 31.1 Å². The molecule has 6 rings (SSSR count). The van der Waals surface area contributed by atoms with Crippen molar-refractivity contribution >= 4 is 41.4 Å². The first kappa shape index (κ1) is 61.0. The number of hydrazone groups is 1. The SMILES string of the molecule is O=C(CCCC[C@H]1SC[C@H]2NC(=O)N[C@H]21)NCCCCCC(=O)NCCOCCOCCOc1cc(C2=NN2C(F)(F)F)ccc1C(=O)NC(CO[C@@H]1[C@@H](O)[C@H](O)C(O)O[C@H]1CO)CO[C@@H]1[C@@H](O)[C@H](O)C(O)O[C@H]1CO. The summed E-state index contributed by atoms with van der Waals surface area (Å²) in [4.78, 5) is 50.0. The van der Waals surface area contributed by atoms with Gasteiger partial charge in [-0.15, -0.1) is 23.3 Å². The first-order chi connectivity index (χ1) is 36.4. The molecule has 0 radical (unpaired) electrons. The lowest BCUT2D eigenvalue weighted by Crippen LogP contribution is -2.61. The molecule has 76 heavy (non-hydrogen) atoms. The summed E-state index contributed by atoms with van der Waals surface area (Å²) in [6.45, 7) is -1.87. The summed E-state index contributed by atoms with van der Waals surface area (Å²) in [6.07, 6.45) is -16.1. The number of hydrogen-bond donors (Lipinski definition) is 13. The Kier molecular flexibility index (Phi) is 23.8. The Balaban J connectivity index is 0.900. The van der Waals surface area contributed by atoms with Crippen molar-refractivity contribution < 1.29 is 106 Å². The van der Waals surface area contributed by atoms with Crippen LogP contribution in [0.5, 0.6) is 5.75 Å². The Morgan fingerprint density at radius 2 is 1.37 bits per heavy atom. The number of amides is 5. The number of alkyl halides is 3. The van der Waals surface area contributed by atoms with E-state index in [1.54, 1.807) is 0 Å². The van der Waals surface area contributed by atoms with Crippen molar-refractivity contribution in [2.75, 3.05) is 78.3 Å². The highest BCUT2D eigenvalue weighted by Gasteiger charge is 2.50. The van der Waals surface area contributed by atoms with Crippen LogP contribution in [0.15, 0.2) is 23.3 Å². The molecule has 0 spiro atoms. The van der Waals surface area contributed by atoms with E-state index in [4.69, 9.17) is 33.2 Å². The summed E-state index contributed by atoms with van der Waals surface area (Å²) in [5.41, 5.74) is -0.284. The number of halogens is 3. The summed E-state index contributed by atoms with van der Waals surface area (Å²) in [7, 11) is 0. The molecule has 4 saturated heterocycles. The van der Waals surface area contributed by atoms with Crippen molar-refractivity contribution in [1.29, 1.82) is 0 Å². The molecule has 5 heterocycles. The molecule has 5 amide bonds. The highest BCUT2D eigenvalue weighted by atomic mass is 32.2. The van der Waals surface area contributed by atoms with Gasteiger partial charge in [0.05, 0.1) is 76.5 Å². The van der Waals surface area contributed by atoms with Gasteiger partial charge in [0.2, 0.25) is 11.8 Å². The molecule has 0 bridgehead atoms. The van der Waals surface area contributed by atoms with E-state index < -0.39 is 112 Å². The van der Waals surface area contributed by atoms with E-state index in [9.17, 15) is 73.2 Å². The fourth-order valence-corrected chi connectivity index (χ4v) is 10.4. The average molecular weight is 1110 g/mol. The van der Waals surface area contributed by atoms with Gasteiger partial charge >= 0.3 is 12.3 Å². The highest BCUT2D eigenvalue weighted by molar-refractivity contribution is 8.00. The Morgan fingerprint density at radius 1 is 0.776 bits per heavy atom. The third-order valence-electron chi connectivity index (χ3n) is 13.0. The number of thioether (sulfide) groups is 1. The summed E-state index contributed by atoms with van der Waals surface area (Å²) < 4.78 is 78.9. The normalized spacial score (nSPS) is 29.5. The van der Waals surface area contributed by atoms with E-state index >= 15 is 0 Å². The van der Waals surface area contributed by atoms with Gasteiger partial charge in [-0.05, 0) is 37.8 Å². The number of nitrogens with one attached hydrogen (secondary N) is 5. The minimum Gasteiger partial charge on any atom is -0.490 e. The number of nitrogens with zero attached hydrogens (tertiary/aromatic N) is 2. The molecule has 0 aliphatic carbocycles. The average Bonchev–Trinajstić information content (AvgIpc) is 4.03. The Bertz CT molecular complexity index is 2030. The predicted octanol–water partition coefficient (Wildman–Crippen LogP) is -3.15. The molecular formula is C46H70F3N7O19S. The number of benzene rings is 1.